The van der Waals surface area contributed by atoms with Crippen LogP contribution in [-0.4, -0.2) is 52.0 Å². The van der Waals surface area contributed by atoms with Gasteiger partial charge in [0, 0.05) is 37.3 Å². The molecule has 30 heavy (non-hydrogen) atoms. The van der Waals surface area contributed by atoms with Crippen LogP contribution in [0.2, 0.25) is 0 Å². The van der Waals surface area contributed by atoms with E-state index < -0.39 is 5.60 Å². The number of fused-ring (bicyclic) bond motifs is 1. The molecule has 0 radical (unpaired) electrons. The van der Waals surface area contributed by atoms with Gasteiger partial charge in [0.2, 0.25) is 0 Å². The quantitative estimate of drug-likeness (QED) is 0.658. The summed E-state index contributed by atoms with van der Waals surface area (Å²) >= 11 is 1.30. The summed E-state index contributed by atoms with van der Waals surface area (Å²) < 4.78 is 5.45. The second-order valence-corrected chi connectivity index (χ2v) is 9.40. The number of rotatable bonds is 1. The maximum absolute atomic E-state index is 12.9. The molecule has 1 aromatic carbocycles. The molecular weight excluding hydrogens is 398 g/mol. The van der Waals surface area contributed by atoms with Crippen LogP contribution in [0.4, 0.5) is 4.79 Å². The molecule has 154 valence electrons. The topological polar surface area (TPSA) is 62.7 Å². The number of hydrogen-bond donors (Lipinski definition) is 0. The highest BCUT2D eigenvalue weighted by atomic mass is 32.1. The van der Waals surface area contributed by atoms with Crippen LogP contribution in [-0.2, 0) is 4.74 Å². The van der Waals surface area contributed by atoms with Gasteiger partial charge in [-0.05, 0) is 44.4 Å². The highest BCUT2D eigenvalue weighted by Crippen LogP contribution is 2.31. The van der Waals surface area contributed by atoms with Crippen LogP contribution < -0.4 is 0 Å². The minimum absolute atomic E-state index is 0.0778. The third-order valence-corrected chi connectivity index (χ3v) is 5.69. The molecule has 2 aliphatic rings. The first kappa shape index (κ1) is 20.2. The van der Waals surface area contributed by atoms with Crippen LogP contribution in [0.15, 0.2) is 48.3 Å². The lowest BCUT2D eigenvalue weighted by atomic mass is 10.1. The van der Waals surface area contributed by atoms with Crippen molar-refractivity contribution in [3.63, 3.8) is 0 Å². The lowest BCUT2D eigenvalue weighted by molar-refractivity contribution is 0.0287. The molecule has 0 bridgehead atoms. The van der Waals surface area contributed by atoms with Gasteiger partial charge in [0.1, 0.15) is 10.5 Å². The van der Waals surface area contributed by atoms with Gasteiger partial charge in [-0.2, -0.15) is 0 Å². The Morgan fingerprint density at radius 1 is 1.17 bits per heavy atom. The Hall–Kier alpha value is -3.11. The second-order valence-electron chi connectivity index (χ2n) is 8.37. The molecule has 1 atom stereocenters. The molecule has 0 N–H and O–H groups in total. The summed E-state index contributed by atoms with van der Waals surface area (Å²) in [5.74, 6) is 6.16. The first-order chi connectivity index (χ1) is 14.3. The van der Waals surface area contributed by atoms with Crippen molar-refractivity contribution in [1.29, 1.82) is 0 Å². The lowest BCUT2D eigenvalue weighted by Crippen LogP contribution is -2.37. The first-order valence-electron chi connectivity index (χ1n) is 9.81. The highest BCUT2D eigenvalue weighted by molar-refractivity contribution is 7.14. The maximum Gasteiger partial charge on any atom is 0.410 e. The molecule has 2 amide bonds. The fourth-order valence-electron chi connectivity index (χ4n) is 3.44. The highest BCUT2D eigenvalue weighted by Gasteiger charge is 2.39. The number of aromatic nitrogens is 1. The minimum Gasteiger partial charge on any atom is -0.444 e. The second kappa shape index (κ2) is 7.96. The number of amides is 2. The molecule has 0 saturated carbocycles. The van der Waals surface area contributed by atoms with E-state index in [1.165, 1.54) is 11.3 Å². The van der Waals surface area contributed by atoms with Crippen molar-refractivity contribution in [2.24, 2.45) is 5.92 Å². The zero-order chi connectivity index (χ0) is 21.3. The van der Waals surface area contributed by atoms with Gasteiger partial charge >= 0.3 is 6.09 Å². The zero-order valence-corrected chi connectivity index (χ0v) is 18.0. The molecule has 7 heteroatoms. The summed E-state index contributed by atoms with van der Waals surface area (Å²) in [6.07, 6.45) is 3.15. The van der Waals surface area contributed by atoms with E-state index in [2.05, 4.69) is 16.8 Å². The molecule has 0 aliphatic carbocycles. The predicted octanol–water partition coefficient (Wildman–Crippen LogP) is 3.75. The summed E-state index contributed by atoms with van der Waals surface area (Å²) in [6, 6.07) is 9.67. The normalized spacial score (nSPS) is 17.8. The van der Waals surface area contributed by atoms with Gasteiger partial charge in [-0.25, -0.2) is 9.78 Å². The van der Waals surface area contributed by atoms with Gasteiger partial charge in [-0.3, -0.25) is 4.79 Å². The van der Waals surface area contributed by atoms with Gasteiger partial charge in [-0.15, -0.1) is 11.3 Å². The van der Waals surface area contributed by atoms with Crippen molar-refractivity contribution in [3.8, 4) is 11.8 Å². The van der Waals surface area contributed by atoms with Gasteiger partial charge in [-0.1, -0.05) is 24.1 Å². The molecule has 2 aromatic rings. The van der Waals surface area contributed by atoms with Crippen LogP contribution in [0.25, 0.3) is 0 Å². The number of thiazole rings is 1. The Kier molecular flexibility index (Phi) is 5.35. The van der Waals surface area contributed by atoms with Crippen LogP contribution in [0.3, 0.4) is 0 Å². The maximum atomic E-state index is 12.9. The molecule has 2 aliphatic heterocycles. The summed E-state index contributed by atoms with van der Waals surface area (Å²) in [4.78, 5) is 33.4. The Labute approximate surface area is 180 Å². The van der Waals surface area contributed by atoms with E-state index in [0.717, 1.165) is 11.1 Å². The number of carbonyl (C=O) groups excluding carboxylic acids is 2. The molecule has 0 spiro atoms. The van der Waals surface area contributed by atoms with Gasteiger partial charge in [0.15, 0.2) is 5.01 Å². The van der Waals surface area contributed by atoms with Crippen molar-refractivity contribution >= 4 is 23.3 Å². The minimum atomic E-state index is -0.515. The van der Waals surface area contributed by atoms with Crippen molar-refractivity contribution in [2.45, 2.75) is 26.4 Å². The molecule has 4 rings (SSSR count). The number of nitrogens with zero attached hydrogens (tertiary/aromatic N) is 3. The zero-order valence-electron chi connectivity index (χ0n) is 17.2. The van der Waals surface area contributed by atoms with E-state index in [9.17, 15) is 9.59 Å². The molecule has 1 saturated heterocycles. The third kappa shape index (κ3) is 4.55. The smallest absolute Gasteiger partial charge is 0.410 e. The summed E-state index contributed by atoms with van der Waals surface area (Å²) in [6.45, 7) is 7.20. The molecule has 1 fully saturated rings. The molecule has 6 nitrogen and oxygen atoms in total. The monoisotopic (exact) mass is 421 g/mol. The van der Waals surface area contributed by atoms with Crippen LogP contribution >= 0.6 is 11.3 Å². The Morgan fingerprint density at radius 3 is 2.63 bits per heavy atom. The van der Waals surface area contributed by atoms with E-state index in [-0.39, 0.29) is 17.9 Å². The lowest BCUT2D eigenvalue weighted by Gasteiger charge is -2.25. The van der Waals surface area contributed by atoms with E-state index in [1.54, 1.807) is 16.0 Å². The van der Waals surface area contributed by atoms with Crippen molar-refractivity contribution in [1.82, 2.24) is 14.8 Å². The van der Waals surface area contributed by atoms with E-state index in [1.807, 2.05) is 57.3 Å². The van der Waals surface area contributed by atoms with Crippen LogP contribution in [0, 0.1) is 17.8 Å². The average molecular weight is 422 g/mol. The van der Waals surface area contributed by atoms with Crippen molar-refractivity contribution < 1.29 is 14.3 Å². The van der Waals surface area contributed by atoms with E-state index in [4.69, 9.17) is 4.74 Å². The standard InChI is InChI=1S/C23H23N3O3S/c1-23(2,3)29-22(28)26-14-17-12-25(13-18(17)15-26)21(27)19-11-24-20(30-19)10-9-16-7-5-4-6-8-16/h4-8,11-12,18H,13-15H2,1-3H3. The number of likely N-dealkylation sites (tertiary alicyclic amines) is 1. The largest absolute Gasteiger partial charge is 0.444 e. The van der Waals surface area contributed by atoms with E-state index in [0.29, 0.717) is 29.5 Å². The SMILES string of the molecule is CC(C)(C)OC(=O)N1CC2=CN(C(=O)c3cnc(C#Cc4ccccc4)s3)CC2C1. The molecule has 3 heterocycles. The number of carbonyl (C=O) groups is 2. The average Bonchev–Trinajstić information content (AvgIpc) is 3.40. The third-order valence-electron chi connectivity index (χ3n) is 4.79. The van der Waals surface area contributed by atoms with Crippen LogP contribution in [0.1, 0.15) is 41.0 Å². The first-order valence-corrected chi connectivity index (χ1v) is 10.6. The Morgan fingerprint density at radius 2 is 1.93 bits per heavy atom. The molecule has 1 aromatic heterocycles. The summed E-state index contributed by atoms with van der Waals surface area (Å²) in [5.41, 5.74) is 1.48. The summed E-state index contributed by atoms with van der Waals surface area (Å²) in [7, 11) is 0. The number of benzene rings is 1. The number of ether oxygens (including phenoxy) is 1. The number of hydrogen-bond acceptors (Lipinski definition) is 5. The predicted molar refractivity (Wildman–Crippen MR) is 115 cm³/mol. The molecular formula is C23H23N3O3S. The van der Waals surface area contributed by atoms with Crippen molar-refractivity contribution in [2.75, 3.05) is 19.6 Å². The van der Waals surface area contributed by atoms with Gasteiger partial charge < -0.3 is 14.5 Å². The Balaban J connectivity index is 1.39. The van der Waals surface area contributed by atoms with Gasteiger partial charge in [0.05, 0.1) is 6.20 Å². The fraction of sp³-hybridized carbons (Fsp3) is 0.348. The van der Waals surface area contributed by atoms with Crippen LogP contribution in [0.5, 0.6) is 0 Å². The van der Waals surface area contributed by atoms with Gasteiger partial charge in [0.25, 0.3) is 5.91 Å². The summed E-state index contributed by atoms with van der Waals surface area (Å²) in [5, 5.41) is 0.616. The fourth-order valence-corrected chi connectivity index (χ4v) is 4.16. The Bertz CT molecular complexity index is 1060. The van der Waals surface area contributed by atoms with Crippen molar-refractivity contribution in [3.05, 3.63) is 63.7 Å². The molecule has 1 unspecified atom stereocenters. The van der Waals surface area contributed by atoms with E-state index >= 15 is 0 Å².